The van der Waals surface area contributed by atoms with Crippen molar-refractivity contribution in [2.24, 2.45) is 0 Å². The number of anilines is 3. The maximum absolute atomic E-state index is 12.3. The molecule has 3 N–H and O–H groups in total. The lowest BCUT2D eigenvalue weighted by molar-refractivity contribution is -0.118. The Morgan fingerprint density at radius 2 is 1.52 bits per heavy atom. The molecule has 0 aliphatic heterocycles. The van der Waals surface area contributed by atoms with E-state index in [1.165, 1.54) is 6.92 Å². The Hall–Kier alpha value is -3.52. The summed E-state index contributed by atoms with van der Waals surface area (Å²) in [5, 5.41) is 8.87. The molecule has 7 nitrogen and oxygen atoms in total. The highest BCUT2D eigenvalue weighted by molar-refractivity contribution is 9.10. The van der Waals surface area contributed by atoms with Crippen molar-refractivity contribution in [3.05, 3.63) is 76.3 Å². The van der Waals surface area contributed by atoms with Gasteiger partial charge in [0, 0.05) is 30.5 Å². The van der Waals surface area contributed by atoms with Crippen molar-refractivity contribution in [2.45, 2.75) is 20.4 Å². The van der Waals surface area contributed by atoms with E-state index in [1.54, 1.807) is 7.11 Å². The molecule has 0 atom stereocenters. The molecular formula is C25H26BrN3O4. The van der Waals surface area contributed by atoms with Gasteiger partial charge in [0.2, 0.25) is 5.91 Å². The standard InChI is InChI=1S/C25H26BrN3O4/c1-16-4-6-21(7-5-16)29-24(31)15-33-25-22(26)12-18(13-23(25)32-3)14-27-19-8-10-20(11-9-19)28-17(2)30/h4-13,27H,14-15H2,1-3H3,(H,28,30)(H,29,31). The number of nitrogens with one attached hydrogen (secondary N) is 3. The summed E-state index contributed by atoms with van der Waals surface area (Å²) in [5.74, 6) is 0.606. The maximum atomic E-state index is 12.3. The summed E-state index contributed by atoms with van der Waals surface area (Å²) in [7, 11) is 1.55. The zero-order valence-electron chi connectivity index (χ0n) is 18.7. The number of halogens is 1. The molecule has 2 amide bonds. The van der Waals surface area contributed by atoms with Crippen LogP contribution in [0.15, 0.2) is 65.1 Å². The number of rotatable bonds is 9. The lowest BCUT2D eigenvalue weighted by Gasteiger charge is -2.15. The van der Waals surface area contributed by atoms with Gasteiger partial charge in [0.05, 0.1) is 11.6 Å². The normalized spacial score (nSPS) is 10.3. The summed E-state index contributed by atoms with van der Waals surface area (Å²) < 4.78 is 11.9. The van der Waals surface area contributed by atoms with Crippen molar-refractivity contribution in [1.82, 2.24) is 0 Å². The lowest BCUT2D eigenvalue weighted by Crippen LogP contribution is -2.20. The van der Waals surface area contributed by atoms with Crippen molar-refractivity contribution in [3.8, 4) is 11.5 Å². The van der Waals surface area contributed by atoms with Crippen LogP contribution in [0.5, 0.6) is 11.5 Å². The summed E-state index contributed by atoms with van der Waals surface area (Å²) in [4.78, 5) is 23.4. The predicted molar refractivity (Wildman–Crippen MR) is 134 cm³/mol. The third-order valence-corrected chi connectivity index (χ3v) is 5.26. The molecule has 0 spiro atoms. The van der Waals surface area contributed by atoms with Crippen LogP contribution in [-0.2, 0) is 16.1 Å². The van der Waals surface area contributed by atoms with Gasteiger partial charge in [-0.3, -0.25) is 9.59 Å². The number of carbonyl (C=O) groups excluding carboxylic acids is 2. The van der Waals surface area contributed by atoms with E-state index in [2.05, 4.69) is 31.9 Å². The number of methoxy groups -OCH3 is 1. The highest BCUT2D eigenvalue weighted by Gasteiger charge is 2.14. The number of hydrogen-bond donors (Lipinski definition) is 3. The highest BCUT2D eigenvalue weighted by atomic mass is 79.9. The van der Waals surface area contributed by atoms with Gasteiger partial charge in [0.15, 0.2) is 18.1 Å². The van der Waals surface area contributed by atoms with Crippen LogP contribution in [0.2, 0.25) is 0 Å². The molecule has 0 saturated carbocycles. The zero-order chi connectivity index (χ0) is 23.8. The summed E-state index contributed by atoms with van der Waals surface area (Å²) in [5.41, 5.74) is 4.44. The van der Waals surface area contributed by atoms with Crippen molar-refractivity contribution in [2.75, 3.05) is 29.7 Å². The molecule has 33 heavy (non-hydrogen) atoms. The van der Waals surface area contributed by atoms with Gasteiger partial charge in [-0.25, -0.2) is 0 Å². The fourth-order valence-corrected chi connectivity index (χ4v) is 3.67. The van der Waals surface area contributed by atoms with Gasteiger partial charge in [-0.1, -0.05) is 17.7 Å². The Bertz CT molecular complexity index is 1120. The fraction of sp³-hybridized carbons (Fsp3) is 0.200. The number of amides is 2. The van der Waals surface area contributed by atoms with Crippen LogP contribution in [0.25, 0.3) is 0 Å². The minimum atomic E-state index is -0.263. The smallest absolute Gasteiger partial charge is 0.262 e. The second kappa shape index (κ2) is 11.4. The first kappa shape index (κ1) is 24.1. The molecule has 0 bridgehead atoms. The summed E-state index contributed by atoms with van der Waals surface area (Å²) in [6.45, 7) is 3.85. The topological polar surface area (TPSA) is 88.7 Å². The van der Waals surface area contributed by atoms with Crippen LogP contribution in [0.3, 0.4) is 0 Å². The molecule has 0 unspecified atom stereocenters. The van der Waals surface area contributed by atoms with Gasteiger partial charge in [-0.2, -0.15) is 0 Å². The molecule has 0 fully saturated rings. The lowest BCUT2D eigenvalue weighted by atomic mass is 10.2. The third-order valence-electron chi connectivity index (χ3n) is 4.67. The second-order valence-corrected chi connectivity index (χ2v) is 8.28. The SMILES string of the molecule is COc1cc(CNc2ccc(NC(C)=O)cc2)cc(Br)c1OCC(=O)Nc1ccc(C)cc1. The highest BCUT2D eigenvalue weighted by Crippen LogP contribution is 2.37. The van der Waals surface area contributed by atoms with Crippen LogP contribution < -0.4 is 25.4 Å². The number of hydrogen-bond acceptors (Lipinski definition) is 5. The first-order valence-corrected chi connectivity index (χ1v) is 11.1. The second-order valence-electron chi connectivity index (χ2n) is 7.42. The van der Waals surface area contributed by atoms with E-state index >= 15 is 0 Å². The average molecular weight is 512 g/mol. The maximum Gasteiger partial charge on any atom is 0.262 e. The van der Waals surface area contributed by atoms with Crippen LogP contribution in [0.4, 0.5) is 17.1 Å². The Balaban J connectivity index is 1.60. The minimum Gasteiger partial charge on any atom is -0.493 e. The van der Waals surface area contributed by atoms with Gasteiger partial charge in [-0.05, 0) is 76.9 Å². The number of ether oxygens (including phenoxy) is 2. The molecule has 0 aromatic heterocycles. The van der Waals surface area contributed by atoms with E-state index in [0.717, 1.165) is 22.5 Å². The monoisotopic (exact) mass is 511 g/mol. The Labute approximate surface area is 201 Å². The molecular weight excluding hydrogens is 486 g/mol. The minimum absolute atomic E-state index is 0.109. The quantitative estimate of drug-likeness (QED) is 0.360. The van der Waals surface area contributed by atoms with Crippen LogP contribution in [0.1, 0.15) is 18.1 Å². The number of carbonyl (C=O) groups is 2. The van der Waals surface area contributed by atoms with Crippen LogP contribution >= 0.6 is 15.9 Å². The van der Waals surface area contributed by atoms with Crippen molar-refractivity contribution in [1.29, 1.82) is 0 Å². The van der Waals surface area contributed by atoms with Gasteiger partial charge in [-0.15, -0.1) is 0 Å². The number of aryl methyl sites for hydroxylation is 1. The van der Waals surface area contributed by atoms with Gasteiger partial charge in [0.25, 0.3) is 5.91 Å². The molecule has 172 valence electrons. The summed E-state index contributed by atoms with van der Waals surface area (Å²) >= 11 is 3.52. The van der Waals surface area contributed by atoms with E-state index in [9.17, 15) is 9.59 Å². The molecule has 0 aliphatic carbocycles. The molecule has 3 aromatic carbocycles. The average Bonchev–Trinajstić information content (AvgIpc) is 2.78. The fourth-order valence-electron chi connectivity index (χ4n) is 3.07. The zero-order valence-corrected chi connectivity index (χ0v) is 20.3. The first-order chi connectivity index (χ1) is 15.8. The van der Waals surface area contributed by atoms with E-state index in [-0.39, 0.29) is 18.4 Å². The third kappa shape index (κ3) is 7.25. The van der Waals surface area contributed by atoms with Crippen molar-refractivity contribution >= 4 is 44.8 Å². The molecule has 3 rings (SSSR count). The Morgan fingerprint density at radius 1 is 0.909 bits per heavy atom. The van der Waals surface area contributed by atoms with Gasteiger partial charge >= 0.3 is 0 Å². The largest absolute Gasteiger partial charge is 0.493 e. The summed E-state index contributed by atoms with van der Waals surface area (Å²) in [6.07, 6.45) is 0. The number of benzene rings is 3. The van der Waals surface area contributed by atoms with Gasteiger partial charge in [0.1, 0.15) is 0 Å². The predicted octanol–water partition coefficient (Wildman–Crippen LogP) is 5.35. The van der Waals surface area contributed by atoms with Crippen LogP contribution in [0, 0.1) is 6.92 Å². The molecule has 0 radical (unpaired) electrons. The molecule has 0 aliphatic rings. The first-order valence-electron chi connectivity index (χ1n) is 10.3. The van der Waals surface area contributed by atoms with Crippen LogP contribution in [-0.4, -0.2) is 25.5 Å². The van der Waals surface area contributed by atoms with Crippen molar-refractivity contribution in [3.63, 3.8) is 0 Å². The van der Waals surface area contributed by atoms with E-state index in [0.29, 0.717) is 28.2 Å². The van der Waals surface area contributed by atoms with E-state index in [4.69, 9.17) is 9.47 Å². The molecule has 0 heterocycles. The van der Waals surface area contributed by atoms with Crippen molar-refractivity contribution < 1.29 is 19.1 Å². The molecule has 0 saturated heterocycles. The van der Waals surface area contributed by atoms with E-state index < -0.39 is 0 Å². The van der Waals surface area contributed by atoms with E-state index in [1.807, 2.05) is 67.6 Å². The molecule has 3 aromatic rings. The Kier molecular flexibility index (Phi) is 8.32. The molecule has 8 heteroatoms. The Morgan fingerprint density at radius 3 is 2.15 bits per heavy atom. The van der Waals surface area contributed by atoms with Gasteiger partial charge < -0.3 is 25.4 Å². The summed E-state index contributed by atoms with van der Waals surface area (Å²) in [6, 6.07) is 18.8.